The molecule has 168 valence electrons. The van der Waals surface area contributed by atoms with E-state index in [-0.39, 0.29) is 29.6 Å². The Kier molecular flexibility index (Phi) is 6.53. The minimum Gasteiger partial charge on any atom is -0.454 e. The highest BCUT2D eigenvalue weighted by atomic mass is 19.1. The molecule has 0 bridgehead atoms. The number of rotatable bonds is 7. The van der Waals surface area contributed by atoms with Crippen LogP contribution in [0.1, 0.15) is 29.7 Å². The fraction of sp³-hybridized carbons (Fsp3) is 0.348. The molecule has 0 unspecified atom stereocenters. The second-order valence-electron chi connectivity index (χ2n) is 7.66. The van der Waals surface area contributed by atoms with Gasteiger partial charge >= 0.3 is 0 Å². The van der Waals surface area contributed by atoms with Gasteiger partial charge in [0.1, 0.15) is 23.9 Å². The molecule has 0 atom stereocenters. The minimum absolute atomic E-state index is 0.142. The SMILES string of the molecule is CCCNC(=O)c1ccc(Cn2nc(N3CCN(c4ccc(F)cc4)CC3)ccc2=O)o1. The lowest BCUT2D eigenvalue weighted by Gasteiger charge is -2.36. The first kappa shape index (κ1) is 21.6. The average molecular weight is 439 g/mol. The van der Waals surface area contributed by atoms with E-state index in [1.807, 2.05) is 6.92 Å². The lowest BCUT2D eigenvalue weighted by Crippen LogP contribution is -2.47. The van der Waals surface area contributed by atoms with E-state index in [1.165, 1.54) is 22.9 Å². The number of aromatic nitrogens is 2. The molecule has 4 rings (SSSR count). The molecule has 3 heterocycles. The maximum Gasteiger partial charge on any atom is 0.286 e. The smallest absolute Gasteiger partial charge is 0.286 e. The zero-order valence-corrected chi connectivity index (χ0v) is 18.0. The molecule has 9 heteroatoms. The first-order valence-electron chi connectivity index (χ1n) is 10.7. The number of nitrogens with one attached hydrogen (secondary N) is 1. The number of carbonyl (C=O) groups is 1. The summed E-state index contributed by atoms with van der Waals surface area (Å²) in [7, 11) is 0. The highest BCUT2D eigenvalue weighted by Gasteiger charge is 2.19. The number of benzene rings is 1. The van der Waals surface area contributed by atoms with Crippen LogP contribution < -0.4 is 20.7 Å². The zero-order valence-electron chi connectivity index (χ0n) is 18.0. The molecule has 3 aromatic rings. The van der Waals surface area contributed by atoms with Crippen molar-refractivity contribution in [3.05, 3.63) is 76.2 Å². The number of furan rings is 1. The lowest BCUT2D eigenvalue weighted by atomic mass is 10.2. The van der Waals surface area contributed by atoms with Crippen LogP contribution in [0.2, 0.25) is 0 Å². The number of hydrogen-bond donors (Lipinski definition) is 1. The van der Waals surface area contributed by atoms with Gasteiger partial charge in [-0.2, -0.15) is 5.10 Å². The number of anilines is 2. The second kappa shape index (κ2) is 9.67. The topological polar surface area (TPSA) is 83.6 Å². The van der Waals surface area contributed by atoms with Gasteiger partial charge in [-0.1, -0.05) is 6.92 Å². The van der Waals surface area contributed by atoms with Crippen LogP contribution in [0.4, 0.5) is 15.9 Å². The Balaban J connectivity index is 1.41. The van der Waals surface area contributed by atoms with Gasteiger partial charge in [0.05, 0.1) is 0 Å². The van der Waals surface area contributed by atoms with Gasteiger partial charge in [0.15, 0.2) is 5.76 Å². The van der Waals surface area contributed by atoms with Gasteiger partial charge in [-0.15, -0.1) is 0 Å². The first-order valence-corrected chi connectivity index (χ1v) is 10.7. The Hall–Kier alpha value is -3.62. The molecule has 0 spiro atoms. The van der Waals surface area contributed by atoms with Crippen LogP contribution in [0.15, 0.2) is 57.7 Å². The van der Waals surface area contributed by atoms with Crippen LogP contribution >= 0.6 is 0 Å². The Morgan fingerprint density at radius 2 is 1.75 bits per heavy atom. The maximum absolute atomic E-state index is 13.2. The zero-order chi connectivity index (χ0) is 22.5. The van der Waals surface area contributed by atoms with Crippen molar-refractivity contribution in [2.45, 2.75) is 19.9 Å². The summed E-state index contributed by atoms with van der Waals surface area (Å²) in [4.78, 5) is 28.7. The molecule has 1 aliphatic rings. The van der Waals surface area contributed by atoms with Crippen molar-refractivity contribution in [1.29, 1.82) is 0 Å². The van der Waals surface area contributed by atoms with Crippen molar-refractivity contribution in [3.8, 4) is 0 Å². The Labute approximate surface area is 185 Å². The average Bonchev–Trinajstić information content (AvgIpc) is 3.28. The third-order valence-electron chi connectivity index (χ3n) is 5.37. The summed E-state index contributed by atoms with van der Waals surface area (Å²) in [5, 5.41) is 7.27. The summed E-state index contributed by atoms with van der Waals surface area (Å²) < 4.78 is 20.1. The van der Waals surface area contributed by atoms with Crippen molar-refractivity contribution in [1.82, 2.24) is 15.1 Å². The van der Waals surface area contributed by atoms with Crippen molar-refractivity contribution in [3.63, 3.8) is 0 Å². The first-order chi connectivity index (χ1) is 15.5. The number of hydrogen-bond acceptors (Lipinski definition) is 6. The third-order valence-corrected chi connectivity index (χ3v) is 5.37. The molecule has 1 aromatic carbocycles. The van der Waals surface area contributed by atoms with E-state index in [1.54, 1.807) is 30.3 Å². The molecule has 32 heavy (non-hydrogen) atoms. The fourth-order valence-corrected chi connectivity index (χ4v) is 3.62. The summed E-state index contributed by atoms with van der Waals surface area (Å²) in [6, 6.07) is 13.0. The number of amides is 1. The predicted octanol–water partition coefficient (Wildman–Crippen LogP) is 2.49. The van der Waals surface area contributed by atoms with Crippen molar-refractivity contribution in [2.24, 2.45) is 0 Å². The Bertz CT molecular complexity index is 1120. The van der Waals surface area contributed by atoms with Crippen LogP contribution in [0.5, 0.6) is 0 Å². The van der Waals surface area contributed by atoms with E-state index in [2.05, 4.69) is 20.2 Å². The number of halogens is 1. The molecule has 1 saturated heterocycles. The molecule has 0 radical (unpaired) electrons. The fourth-order valence-electron chi connectivity index (χ4n) is 3.62. The molecule has 1 aliphatic heterocycles. The molecular formula is C23H26FN5O3. The van der Waals surface area contributed by atoms with Crippen LogP contribution in [0.3, 0.4) is 0 Å². The van der Waals surface area contributed by atoms with Gasteiger partial charge in [0.25, 0.3) is 11.5 Å². The van der Waals surface area contributed by atoms with Crippen LogP contribution in [0.25, 0.3) is 0 Å². The quantitative estimate of drug-likeness (QED) is 0.609. The number of piperazine rings is 1. The van der Waals surface area contributed by atoms with E-state index < -0.39 is 0 Å². The van der Waals surface area contributed by atoms with Gasteiger partial charge < -0.3 is 19.5 Å². The number of carbonyl (C=O) groups excluding carboxylic acids is 1. The van der Waals surface area contributed by atoms with E-state index in [0.717, 1.165) is 38.3 Å². The van der Waals surface area contributed by atoms with Crippen LogP contribution in [0, 0.1) is 5.82 Å². The minimum atomic E-state index is -0.272. The summed E-state index contributed by atoms with van der Waals surface area (Å²) >= 11 is 0. The monoisotopic (exact) mass is 439 g/mol. The Morgan fingerprint density at radius 1 is 1.03 bits per heavy atom. The summed E-state index contributed by atoms with van der Waals surface area (Å²) in [5.41, 5.74) is 0.743. The van der Waals surface area contributed by atoms with E-state index in [4.69, 9.17) is 4.42 Å². The highest BCUT2D eigenvalue weighted by molar-refractivity contribution is 5.91. The second-order valence-corrected chi connectivity index (χ2v) is 7.66. The molecule has 1 fully saturated rings. The van der Waals surface area contributed by atoms with E-state index >= 15 is 0 Å². The van der Waals surface area contributed by atoms with Gasteiger partial charge in [-0.25, -0.2) is 9.07 Å². The van der Waals surface area contributed by atoms with Gasteiger partial charge in [0, 0.05) is 44.5 Å². The molecule has 8 nitrogen and oxygen atoms in total. The lowest BCUT2D eigenvalue weighted by molar-refractivity contribution is 0.0924. The summed E-state index contributed by atoms with van der Waals surface area (Å²) in [6.45, 7) is 5.68. The Morgan fingerprint density at radius 3 is 2.47 bits per heavy atom. The predicted molar refractivity (Wildman–Crippen MR) is 120 cm³/mol. The van der Waals surface area contributed by atoms with Gasteiger partial charge in [0.2, 0.25) is 0 Å². The van der Waals surface area contributed by atoms with Crippen molar-refractivity contribution < 1.29 is 13.6 Å². The molecule has 0 saturated carbocycles. The third kappa shape index (κ3) is 4.99. The molecule has 0 aliphatic carbocycles. The normalized spacial score (nSPS) is 13.9. The van der Waals surface area contributed by atoms with Crippen LogP contribution in [-0.2, 0) is 6.54 Å². The van der Waals surface area contributed by atoms with Crippen molar-refractivity contribution in [2.75, 3.05) is 42.5 Å². The standard InChI is InChI=1S/C23H26FN5O3/c1-2-11-25-23(31)20-8-7-19(32-20)16-29-22(30)10-9-21(26-29)28-14-12-27(13-15-28)18-5-3-17(24)4-6-18/h3-10H,2,11-16H2,1H3,(H,25,31). The van der Waals surface area contributed by atoms with E-state index in [0.29, 0.717) is 18.1 Å². The van der Waals surface area contributed by atoms with Gasteiger partial charge in [-0.05, 0) is 48.9 Å². The van der Waals surface area contributed by atoms with Gasteiger partial charge in [-0.3, -0.25) is 9.59 Å². The summed E-state index contributed by atoms with van der Waals surface area (Å²) in [5.74, 6) is 0.889. The van der Waals surface area contributed by atoms with Crippen molar-refractivity contribution >= 4 is 17.4 Å². The number of nitrogens with zero attached hydrogens (tertiary/aromatic N) is 4. The molecule has 1 N–H and O–H groups in total. The largest absolute Gasteiger partial charge is 0.454 e. The van der Waals surface area contributed by atoms with Crippen LogP contribution in [-0.4, -0.2) is 48.4 Å². The highest BCUT2D eigenvalue weighted by Crippen LogP contribution is 2.19. The van der Waals surface area contributed by atoms with E-state index in [9.17, 15) is 14.0 Å². The molecule has 2 aromatic heterocycles. The maximum atomic E-state index is 13.2. The molecular weight excluding hydrogens is 413 g/mol. The summed E-state index contributed by atoms with van der Waals surface area (Å²) in [6.07, 6.45) is 0.837. The molecule has 1 amide bonds.